The van der Waals surface area contributed by atoms with Crippen molar-refractivity contribution >= 4 is 45.6 Å². The summed E-state index contributed by atoms with van der Waals surface area (Å²) >= 11 is 0. The fourth-order valence-electron chi connectivity index (χ4n) is 5.11. The van der Waals surface area contributed by atoms with Crippen LogP contribution >= 0.6 is 0 Å². The van der Waals surface area contributed by atoms with Gasteiger partial charge >= 0.3 is 11.6 Å². The van der Waals surface area contributed by atoms with Crippen LogP contribution < -0.4 is 21.6 Å². The van der Waals surface area contributed by atoms with E-state index in [1.807, 2.05) is 47.6 Å². The van der Waals surface area contributed by atoms with Crippen molar-refractivity contribution in [2.45, 2.75) is 92.5 Å². The van der Waals surface area contributed by atoms with E-state index in [2.05, 4.69) is 16.0 Å². The Balaban J connectivity index is 1.56. The van der Waals surface area contributed by atoms with Crippen LogP contribution in [0.15, 0.2) is 19.7 Å². The van der Waals surface area contributed by atoms with Gasteiger partial charge in [0.2, 0.25) is 17.7 Å². The van der Waals surface area contributed by atoms with Gasteiger partial charge in [0.25, 0.3) is 0 Å². The van der Waals surface area contributed by atoms with Crippen LogP contribution in [0, 0.1) is 33.6 Å². The SMILES string of the molecule is CCC(C)C(NC(=O)CNC(=O)CCc1c(C)c2cc3c(C)c(C)oc3c(C)c2oc1=O)C(=O)NCCCCCC(=O)O. The lowest BCUT2D eigenvalue weighted by Crippen LogP contribution is -2.52. The van der Waals surface area contributed by atoms with Crippen molar-refractivity contribution in [1.82, 2.24) is 16.0 Å². The van der Waals surface area contributed by atoms with Gasteiger partial charge in [0.1, 0.15) is 23.0 Å². The number of fused-ring (bicyclic) bond motifs is 2. The number of carbonyl (C=O) groups is 4. The van der Waals surface area contributed by atoms with Gasteiger partial charge in [-0.15, -0.1) is 0 Å². The molecule has 2 atom stereocenters. The fraction of sp³-hybridized carbons (Fsp3) is 0.531. The second kappa shape index (κ2) is 14.8. The standard InChI is InChI=1S/C32H43N3O8/c1-7-17(2)28(31(40)33-14-10-8-9-11-27(38)39)35-26(37)16-34-25(36)13-12-22-19(4)24-15-23-18(3)21(6)42-29(23)20(5)30(24)43-32(22)41/h15,17,28H,7-14,16H2,1-6H3,(H,33,40)(H,34,36)(H,35,37)(H,38,39). The van der Waals surface area contributed by atoms with Crippen LogP contribution in [-0.2, 0) is 25.6 Å². The Bertz CT molecular complexity index is 1570. The van der Waals surface area contributed by atoms with Gasteiger partial charge in [-0.2, -0.15) is 0 Å². The normalized spacial score (nSPS) is 12.7. The van der Waals surface area contributed by atoms with Crippen LogP contribution in [0.5, 0.6) is 0 Å². The van der Waals surface area contributed by atoms with Gasteiger partial charge in [-0.25, -0.2) is 4.79 Å². The monoisotopic (exact) mass is 597 g/mol. The van der Waals surface area contributed by atoms with E-state index in [4.69, 9.17) is 13.9 Å². The largest absolute Gasteiger partial charge is 0.481 e. The van der Waals surface area contributed by atoms with Crippen molar-refractivity contribution in [3.05, 3.63) is 44.5 Å². The first-order valence-electron chi connectivity index (χ1n) is 14.9. The van der Waals surface area contributed by atoms with Gasteiger partial charge in [-0.1, -0.05) is 26.7 Å². The molecule has 0 fully saturated rings. The van der Waals surface area contributed by atoms with Crippen LogP contribution in [0.2, 0.25) is 0 Å². The van der Waals surface area contributed by atoms with Crippen molar-refractivity contribution in [3.63, 3.8) is 0 Å². The van der Waals surface area contributed by atoms with Gasteiger partial charge < -0.3 is 29.9 Å². The number of hydrogen-bond acceptors (Lipinski definition) is 7. The summed E-state index contributed by atoms with van der Waals surface area (Å²) in [6, 6.07) is 1.19. The number of benzene rings is 1. The zero-order valence-electron chi connectivity index (χ0n) is 25.9. The van der Waals surface area contributed by atoms with E-state index < -0.39 is 29.5 Å². The molecule has 4 N–H and O–H groups in total. The molecule has 2 aromatic heterocycles. The molecule has 2 unspecified atom stereocenters. The quantitative estimate of drug-likeness (QED) is 0.150. The molecule has 3 rings (SSSR count). The molecule has 1 aromatic carbocycles. The summed E-state index contributed by atoms with van der Waals surface area (Å²) in [5.74, 6) is -1.41. The maximum atomic E-state index is 12.9. The highest BCUT2D eigenvalue weighted by atomic mass is 16.4. The zero-order chi connectivity index (χ0) is 31.8. The van der Waals surface area contributed by atoms with E-state index >= 15 is 0 Å². The fourth-order valence-corrected chi connectivity index (χ4v) is 5.11. The minimum atomic E-state index is -0.846. The molecular formula is C32H43N3O8. The topological polar surface area (TPSA) is 168 Å². The molecule has 0 radical (unpaired) electrons. The Morgan fingerprint density at radius 3 is 2.21 bits per heavy atom. The maximum absolute atomic E-state index is 12.9. The summed E-state index contributed by atoms with van der Waals surface area (Å²) in [5.41, 5.74) is 3.56. The number of nitrogens with one attached hydrogen (secondary N) is 3. The average Bonchev–Trinajstić information content (AvgIpc) is 3.25. The van der Waals surface area contributed by atoms with Crippen molar-refractivity contribution < 1.29 is 33.1 Å². The number of amides is 3. The number of aliphatic carboxylic acids is 1. The smallest absolute Gasteiger partial charge is 0.339 e. The number of carboxylic acid groups (broad SMARTS) is 1. The summed E-state index contributed by atoms with van der Waals surface area (Å²) in [5, 5.41) is 18.5. The lowest BCUT2D eigenvalue weighted by atomic mass is 9.98. The second-order valence-electron chi connectivity index (χ2n) is 11.2. The predicted octanol–water partition coefficient (Wildman–Crippen LogP) is 4.11. The first-order chi connectivity index (χ1) is 20.3. The molecule has 0 aliphatic carbocycles. The second-order valence-corrected chi connectivity index (χ2v) is 11.2. The Morgan fingerprint density at radius 2 is 1.53 bits per heavy atom. The van der Waals surface area contributed by atoms with E-state index in [1.54, 1.807) is 0 Å². The van der Waals surface area contributed by atoms with E-state index in [-0.39, 0.29) is 37.6 Å². The van der Waals surface area contributed by atoms with E-state index in [9.17, 15) is 24.0 Å². The molecule has 0 aliphatic rings. The molecule has 0 spiro atoms. The molecule has 234 valence electrons. The van der Waals surface area contributed by atoms with Crippen LogP contribution in [0.1, 0.15) is 80.4 Å². The molecule has 43 heavy (non-hydrogen) atoms. The number of carboxylic acids is 1. The molecule has 3 aromatic rings. The Kier molecular flexibility index (Phi) is 11.5. The lowest BCUT2D eigenvalue weighted by Gasteiger charge is -2.23. The molecule has 0 bridgehead atoms. The van der Waals surface area contributed by atoms with Crippen LogP contribution in [0.3, 0.4) is 0 Å². The van der Waals surface area contributed by atoms with Crippen molar-refractivity contribution in [2.24, 2.45) is 5.92 Å². The number of hydrogen-bond donors (Lipinski definition) is 4. The van der Waals surface area contributed by atoms with Crippen molar-refractivity contribution in [1.29, 1.82) is 0 Å². The first kappa shape index (κ1) is 33.4. The van der Waals surface area contributed by atoms with E-state index in [0.29, 0.717) is 49.0 Å². The summed E-state index contributed by atoms with van der Waals surface area (Å²) in [4.78, 5) is 61.4. The summed E-state index contributed by atoms with van der Waals surface area (Å²) in [6.45, 7) is 11.4. The third-order valence-electron chi connectivity index (χ3n) is 8.17. The lowest BCUT2D eigenvalue weighted by molar-refractivity contribution is -0.137. The van der Waals surface area contributed by atoms with Gasteiger partial charge in [0, 0.05) is 41.3 Å². The molecule has 0 saturated heterocycles. The van der Waals surface area contributed by atoms with E-state index in [1.165, 1.54) is 0 Å². The number of rotatable bonds is 15. The summed E-state index contributed by atoms with van der Waals surface area (Å²) < 4.78 is 11.6. The van der Waals surface area contributed by atoms with Gasteiger partial charge in [0.05, 0.1) is 6.54 Å². The Labute approximate surface area is 250 Å². The predicted molar refractivity (Wildman–Crippen MR) is 163 cm³/mol. The van der Waals surface area contributed by atoms with Crippen molar-refractivity contribution in [3.8, 4) is 0 Å². The maximum Gasteiger partial charge on any atom is 0.339 e. The van der Waals surface area contributed by atoms with E-state index in [0.717, 1.165) is 33.2 Å². The highest BCUT2D eigenvalue weighted by molar-refractivity contribution is 6.00. The van der Waals surface area contributed by atoms with Crippen molar-refractivity contribution in [2.75, 3.05) is 13.1 Å². The number of furan rings is 1. The summed E-state index contributed by atoms with van der Waals surface area (Å²) in [6.07, 6.45) is 2.71. The highest BCUT2D eigenvalue weighted by Crippen LogP contribution is 2.34. The van der Waals surface area contributed by atoms with Gasteiger partial charge in [-0.3, -0.25) is 19.2 Å². The average molecular weight is 598 g/mol. The first-order valence-corrected chi connectivity index (χ1v) is 14.9. The van der Waals surface area contributed by atoms with Gasteiger partial charge in [0.15, 0.2) is 0 Å². The molecular weight excluding hydrogens is 554 g/mol. The van der Waals surface area contributed by atoms with Crippen LogP contribution in [-0.4, -0.2) is 47.9 Å². The molecule has 0 saturated carbocycles. The van der Waals surface area contributed by atoms with Gasteiger partial charge in [-0.05, 0) is 70.1 Å². The number of carbonyl (C=O) groups excluding carboxylic acids is 3. The molecule has 11 heteroatoms. The molecule has 0 aliphatic heterocycles. The Morgan fingerprint density at radius 1 is 0.860 bits per heavy atom. The molecule has 11 nitrogen and oxygen atoms in total. The minimum Gasteiger partial charge on any atom is -0.481 e. The third-order valence-corrected chi connectivity index (χ3v) is 8.17. The number of unbranched alkanes of at least 4 members (excludes halogenated alkanes) is 2. The number of aryl methyl sites for hydroxylation is 4. The third kappa shape index (κ3) is 8.24. The minimum absolute atomic E-state index is 0.0212. The zero-order valence-corrected chi connectivity index (χ0v) is 25.9. The van der Waals surface area contributed by atoms with Crippen LogP contribution in [0.25, 0.3) is 21.9 Å². The molecule has 3 amide bonds. The van der Waals surface area contributed by atoms with Crippen LogP contribution in [0.4, 0.5) is 0 Å². The molecule has 2 heterocycles. The summed E-state index contributed by atoms with van der Waals surface area (Å²) in [7, 11) is 0. The Hall–Kier alpha value is -4.15. The highest BCUT2D eigenvalue weighted by Gasteiger charge is 2.26.